The minimum absolute atomic E-state index is 0.106. The minimum Gasteiger partial charge on any atom is -0.494 e. The maximum atomic E-state index is 11.7. The number of hydrogen-bond acceptors (Lipinski definition) is 4. The van der Waals surface area contributed by atoms with E-state index in [0.29, 0.717) is 0 Å². The van der Waals surface area contributed by atoms with Gasteiger partial charge in [0.25, 0.3) is 15.7 Å². The monoisotopic (exact) mass is 247 g/mol. The molecule has 0 aliphatic carbocycles. The van der Waals surface area contributed by atoms with E-state index in [1.54, 1.807) is 13.8 Å². The highest BCUT2D eigenvalue weighted by atomic mass is 32.2. The second kappa shape index (κ2) is 4.26. The van der Waals surface area contributed by atoms with Crippen LogP contribution >= 0.6 is 0 Å². The summed E-state index contributed by atoms with van der Waals surface area (Å²) in [5.41, 5.74) is -0.795. The lowest BCUT2D eigenvalue weighted by molar-refractivity contribution is 0.405. The molecular weight excluding hydrogens is 234 g/mol. The van der Waals surface area contributed by atoms with Crippen molar-refractivity contribution in [2.45, 2.75) is 31.7 Å². The molecular formula is C9H13NO5S. The van der Waals surface area contributed by atoms with E-state index in [9.17, 15) is 18.3 Å². The first kappa shape index (κ1) is 12.7. The van der Waals surface area contributed by atoms with Gasteiger partial charge in [-0.25, -0.2) is 0 Å². The van der Waals surface area contributed by atoms with Gasteiger partial charge in [0, 0.05) is 12.6 Å². The molecule has 90 valence electrons. The van der Waals surface area contributed by atoms with Crippen LogP contribution in [0.5, 0.6) is 5.88 Å². The van der Waals surface area contributed by atoms with Gasteiger partial charge in [-0.1, -0.05) is 6.92 Å². The molecule has 0 aliphatic rings. The third-order valence-electron chi connectivity index (χ3n) is 2.27. The van der Waals surface area contributed by atoms with Gasteiger partial charge in [0.1, 0.15) is 0 Å². The fourth-order valence-electron chi connectivity index (χ4n) is 1.51. The Balaban J connectivity index is 3.78. The van der Waals surface area contributed by atoms with E-state index >= 15 is 0 Å². The second-order valence-electron chi connectivity index (χ2n) is 3.23. The molecule has 0 spiro atoms. The first-order valence-corrected chi connectivity index (χ1v) is 6.20. The van der Waals surface area contributed by atoms with Crippen molar-refractivity contribution in [2.75, 3.05) is 0 Å². The average Bonchev–Trinajstić information content (AvgIpc) is 2.15. The maximum absolute atomic E-state index is 11.7. The zero-order chi connectivity index (χ0) is 12.5. The molecule has 7 heteroatoms. The first-order valence-electron chi connectivity index (χ1n) is 4.76. The van der Waals surface area contributed by atoms with Crippen LogP contribution < -0.4 is 5.56 Å². The highest BCUT2D eigenvalue weighted by Gasteiger charge is 2.22. The molecule has 0 aliphatic heterocycles. The fraction of sp³-hybridized carbons (Fsp3) is 0.444. The van der Waals surface area contributed by atoms with Crippen LogP contribution in [0.3, 0.4) is 0 Å². The molecule has 0 bridgehead atoms. The summed E-state index contributed by atoms with van der Waals surface area (Å²) in [6, 6.07) is 1.17. The molecule has 0 saturated carbocycles. The lowest BCUT2D eigenvalue weighted by Gasteiger charge is -2.10. The molecule has 0 saturated heterocycles. The van der Waals surface area contributed by atoms with Crippen LogP contribution in [-0.2, 0) is 23.1 Å². The average molecular weight is 247 g/mol. The molecule has 1 heterocycles. The number of aromatic nitrogens is 1. The van der Waals surface area contributed by atoms with Crippen LogP contribution in [0, 0.1) is 0 Å². The molecule has 2 N–H and O–H groups in total. The summed E-state index contributed by atoms with van der Waals surface area (Å²) in [6.45, 7) is 3.33. The number of nitrogens with zero attached hydrogens (tertiary/aromatic N) is 1. The van der Waals surface area contributed by atoms with Crippen LogP contribution in [0.15, 0.2) is 15.8 Å². The summed E-state index contributed by atoms with van der Waals surface area (Å²) in [7, 11) is -4.57. The van der Waals surface area contributed by atoms with Crippen LogP contribution in [0.1, 0.15) is 19.4 Å². The minimum atomic E-state index is -4.57. The van der Waals surface area contributed by atoms with Crippen molar-refractivity contribution >= 4 is 10.1 Å². The summed E-state index contributed by atoms with van der Waals surface area (Å²) in [4.78, 5) is 11.1. The predicted molar refractivity (Wildman–Crippen MR) is 57.2 cm³/mol. The van der Waals surface area contributed by atoms with Crippen LogP contribution in [0.4, 0.5) is 0 Å². The van der Waals surface area contributed by atoms with E-state index in [-0.39, 0.29) is 24.4 Å². The Morgan fingerprint density at radius 1 is 1.38 bits per heavy atom. The van der Waals surface area contributed by atoms with Gasteiger partial charge >= 0.3 is 0 Å². The van der Waals surface area contributed by atoms with Crippen molar-refractivity contribution in [3.63, 3.8) is 0 Å². The number of pyridine rings is 1. The van der Waals surface area contributed by atoms with Gasteiger partial charge in [-0.15, -0.1) is 0 Å². The smallest absolute Gasteiger partial charge is 0.300 e. The summed E-state index contributed by atoms with van der Waals surface area (Å²) in [5, 5.41) is 9.48. The lowest BCUT2D eigenvalue weighted by Crippen LogP contribution is -2.27. The highest BCUT2D eigenvalue weighted by molar-refractivity contribution is 7.85. The van der Waals surface area contributed by atoms with Gasteiger partial charge in [-0.2, -0.15) is 8.42 Å². The van der Waals surface area contributed by atoms with E-state index in [0.717, 1.165) is 4.57 Å². The lowest BCUT2D eigenvalue weighted by atomic mass is 10.2. The Kier molecular flexibility index (Phi) is 3.39. The molecule has 0 unspecified atom stereocenters. The van der Waals surface area contributed by atoms with Crippen molar-refractivity contribution in [1.82, 2.24) is 4.57 Å². The number of aromatic hydroxyl groups is 1. The number of hydrogen-bond donors (Lipinski definition) is 2. The highest BCUT2D eigenvalue weighted by Crippen LogP contribution is 2.17. The normalized spacial score (nSPS) is 11.7. The SMILES string of the molecule is CCc1cc(O)n(CC)c(=O)c1S(=O)(=O)O. The molecule has 16 heavy (non-hydrogen) atoms. The third kappa shape index (κ3) is 2.10. The zero-order valence-corrected chi connectivity index (χ0v) is 9.78. The Bertz CT molecular complexity index is 558. The van der Waals surface area contributed by atoms with Crippen molar-refractivity contribution in [3.05, 3.63) is 22.0 Å². The molecule has 1 rings (SSSR count). The Morgan fingerprint density at radius 2 is 1.94 bits per heavy atom. The Morgan fingerprint density at radius 3 is 2.31 bits per heavy atom. The van der Waals surface area contributed by atoms with E-state index in [2.05, 4.69) is 0 Å². The predicted octanol–water partition coefficient (Wildman–Crippen LogP) is 0.383. The van der Waals surface area contributed by atoms with Gasteiger partial charge < -0.3 is 5.11 Å². The maximum Gasteiger partial charge on any atom is 0.300 e. The zero-order valence-electron chi connectivity index (χ0n) is 8.97. The molecule has 0 aromatic carbocycles. The number of rotatable bonds is 3. The van der Waals surface area contributed by atoms with Crippen molar-refractivity contribution in [2.24, 2.45) is 0 Å². The summed E-state index contributed by atoms with van der Waals surface area (Å²) in [5.74, 6) is -0.309. The quantitative estimate of drug-likeness (QED) is 0.753. The van der Waals surface area contributed by atoms with E-state index in [1.165, 1.54) is 6.07 Å². The molecule has 1 aromatic heterocycles. The van der Waals surface area contributed by atoms with Crippen molar-refractivity contribution in [3.8, 4) is 5.88 Å². The van der Waals surface area contributed by atoms with Crippen LogP contribution in [0.25, 0.3) is 0 Å². The first-order chi connectivity index (χ1) is 7.32. The fourth-order valence-corrected chi connectivity index (χ4v) is 2.37. The Hall–Kier alpha value is -1.34. The largest absolute Gasteiger partial charge is 0.494 e. The summed E-state index contributed by atoms with van der Waals surface area (Å²) >= 11 is 0. The van der Waals surface area contributed by atoms with Crippen LogP contribution in [-0.4, -0.2) is 22.6 Å². The number of aryl methyl sites for hydroxylation is 1. The standard InChI is InChI=1S/C9H13NO5S/c1-3-6-5-7(11)10(4-2)9(12)8(6)16(13,14)15/h5,11H,3-4H2,1-2H3,(H,13,14,15). The van der Waals surface area contributed by atoms with Crippen molar-refractivity contribution in [1.29, 1.82) is 0 Å². The van der Waals surface area contributed by atoms with Gasteiger partial charge in [-0.05, 0) is 18.9 Å². The summed E-state index contributed by atoms with van der Waals surface area (Å²) in [6.07, 6.45) is 0.225. The summed E-state index contributed by atoms with van der Waals surface area (Å²) < 4.78 is 32.0. The molecule has 0 fully saturated rings. The third-order valence-corrected chi connectivity index (χ3v) is 3.22. The molecule has 6 nitrogen and oxygen atoms in total. The van der Waals surface area contributed by atoms with Gasteiger partial charge in [0.05, 0.1) is 0 Å². The molecule has 1 aromatic rings. The van der Waals surface area contributed by atoms with Crippen LogP contribution in [0.2, 0.25) is 0 Å². The van der Waals surface area contributed by atoms with E-state index in [4.69, 9.17) is 4.55 Å². The molecule has 0 atom stereocenters. The Labute approximate surface area is 92.9 Å². The van der Waals surface area contributed by atoms with Gasteiger partial charge in [0.15, 0.2) is 10.8 Å². The molecule has 0 amide bonds. The van der Waals surface area contributed by atoms with E-state index in [1.807, 2.05) is 0 Å². The second-order valence-corrected chi connectivity index (χ2v) is 4.59. The van der Waals surface area contributed by atoms with E-state index < -0.39 is 20.6 Å². The topological polar surface area (TPSA) is 96.6 Å². The molecule has 0 radical (unpaired) electrons. The van der Waals surface area contributed by atoms with Gasteiger partial charge in [0.2, 0.25) is 0 Å². The van der Waals surface area contributed by atoms with Gasteiger partial charge in [-0.3, -0.25) is 13.9 Å². The van der Waals surface area contributed by atoms with Crippen molar-refractivity contribution < 1.29 is 18.1 Å².